The summed E-state index contributed by atoms with van der Waals surface area (Å²) in [4.78, 5) is 15.0. The Kier molecular flexibility index (Phi) is 7.14. The lowest BCUT2D eigenvalue weighted by Gasteiger charge is -2.26. The first-order chi connectivity index (χ1) is 16.3. The number of aromatic nitrogens is 2. The molecule has 0 fully saturated rings. The highest BCUT2D eigenvalue weighted by molar-refractivity contribution is 6.31. The molecule has 0 radical (unpaired) electrons. The van der Waals surface area contributed by atoms with E-state index in [0.29, 0.717) is 53.0 Å². The smallest absolute Gasteiger partial charge is 0.273 e. The lowest BCUT2D eigenvalue weighted by molar-refractivity contribution is 0.0732. The van der Waals surface area contributed by atoms with Crippen LogP contribution in [-0.4, -0.2) is 51.0 Å². The Balaban J connectivity index is 1.79. The number of carbonyl (C=O) groups is 1. The lowest BCUT2D eigenvalue weighted by atomic mass is 9.95. The summed E-state index contributed by atoms with van der Waals surface area (Å²) in [6.45, 7) is 7.07. The van der Waals surface area contributed by atoms with Crippen molar-refractivity contribution >= 4 is 17.5 Å². The Morgan fingerprint density at radius 2 is 2.06 bits per heavy atom. The van der Waals surface area contributed by atoms with Gasteiger partial charge in [0.05, 0.1) is 12.6 Å². The number of aryl methyl sites for hydroxylation is 1. The molecule has 1 amide bonds. The number of fused-ring (bicyclic) bond motifs is 1. The van der Waals surface area contributed by atoms with Gasteiger partial charge in [-0.25, -0.2) is 0 Å². The number of phenols is 1. The minimum atomic E-state index is -0.448. The van der Waals surface area contributed by atoms with Crippen LogP contribution in [0, 0.1) is 12.8 Å². The fourth-order valence-electron chi connectivity index (χ4n) is 4.26. The van der Waals surface area contributed by atoms with E-state index in [-0.39, 0.29) is 18.3 Å². The quantitative estimate of drug-likeness (QED) is 0.393. The van der Waals surface area contributed by atoms with Crippen molar-refractivity contribution in [2.75, 3.05) is 19.8 Å². The van der Waals surface area contributed by atoms with Gasteiger partial charge < -0.3 is 19.8 Å². The van der Waals surface area contributed by atoms with Crippen molar-refractivity contribution in [1.82, 2.24) is 15.1 Å². The first-order valence-electron chi connectivity index (χ1n) is 11.5. The number of aliphatic hydroxyl groups is 1. The minimum Gasteiger partial charge on any atom is -0.507 e. The molecular weight excluding hydrogens is 454 g/mol. The maximum absolute atomic E-state index is 13.3. The zero-order chi connectivity index (χ0) is 24.4. The molecule has 0 saturated heterocycles. The van der Waals surface area contributed by atoms with Gasteiger partial charge in [0.25, 0.3) is 5.91 Å². The van der Waals surface area contributed by atoms with Crippen molar-refractivity contribution in [3.05, 3.63) is 63.8 Å². The summed E-state index contributed by atoms with van der Waals surface area (Å²) in [7, 11) is 0. The first-order valence-corrected chi connectivity index (χ1v) is 11.9. The number of hydrogen-bond donors (Lipinski definition) is 3. The maximum atomic E-state index is 13.3. The number of ether oxygens (including phenoxy) is 1. The number of rotatable bonds is 9. The van der Waals surface area contributed by atoms with E-state index in [1.54, 1.807) is 17.0 Å². The van der Waals surface area contributed by atoms with Crippen LogP contribution in [0.2, 0.25) is 5.02 Å². The molecule has 1 aliphatic heterocycles. The number of halogens is 1. The highest BCUT2D eigenvalue weighted by Gasteiger charge is 2.42. The summed E-state index contributed by atoms with van der Waals surface area (Å²) in [5.41, 5.74) is 3.60. The van der Waals surface area contributed by atoms with Gasteiger partial charge in [-0.2, -0.15) is 5.10 Å². The number of aliphatic hydroxyl groups excluding tert-OH is 1. The topological polar surface area (TPSA) is 98.7 Å². The van der Waals surface area contributed by atoms with Gasteiger partial charge in [-0.1, -0.05) is 37.6 Å². The van der Waals surface area contributed by atoms with Gasteiger partial charge in [0.1, 0.15) is 22.9 Å². The number of nitrogens with one attached hydrogen (secondary N) is 1. The van der Waals surface area contributed by atoms with E-state index in [4.69, 9.17) is 16.3 Å². The van der Waals surface area contributed by atoms with Crippen molar-refractivity contribution in [1.29, 1.82) is 0 Å². The van der Waals surface area contributed by atoms with Crippen LogP contribution < -0.4 is 4.74 Å². The van der Waals surface area contributed by atoms with Crippen LogP contribution in [-0.2, 0) is 0 Å². The fraction of sp³-hybridized carbons (Fsp3) is 0.385. The number of aromatic amines is 1. The highest BCUT2D eigenvalue weighted by Crippen LogP contribution is 2.45. The van der Waals surface area contributed by atoms with E-state index in [1.165, 1.54) is 0 Å². The Morgan fingerprint density at radius 3 is 2.79 bits per heavy atom. The van der Waals surface area contributed by atoms with Crippen molar-refractivity contribution in [2.45, 2.75) is 39.7 Å². The molecule has 8 heteroatoms. The number of aromatic hydroxyl groups is 1. The summed E-state index contributed by atoms with van der Waals surface area (Å²) < 4.78 is 5.97. The van der Waals surface area contributed by atoms with Gasteiger partial charge in [-0.3, -0.25) is 9.89 Å². The number of hydrogen-bond acceptors (Lipinski definition) is 5. The average Bonchev–Trinajstić information content (AvgIpc) is 3.33. The van der Waals surface area contributed by atoms with E-state index >= 15 is 0 Å². The number of H-pyrrole nitrogens is 1. The molecule has 0 bridgehead atoms. The lowest BCUT2D eigenvalue weighted by Crippen LogP contribution is -2.31. The van der Waals surface area contributed by atoms with Crippen LogP contribution >= 0.6 is 11.6 Å². The monoisotopic (exact) mass is 483 g/mol. The SMILES string of the molecule is Cc1cc(O)c(-c2n[nH]c3c2[C@H](c2cccc(OCCC(C)C)c2)N(CCCO)C3=O)cc1Cl. The predicted molar refractivity (Wildman–Crippen MR) is 131 cm³/mol. The summed E-state index contributed by atoms with van der Waals surface area (Å²) in [5, 5.41) is 27.9. The van der Waals surface area contributed by atoms with Crippen molar-refractivity contribution in [2.24, 2.45) is 5.92 Å². The normalized spacial score (nSPS) is 15.3. The second kappa shape index (κ2) is 10.1. The van der Waals surface area contributed by atoms with Crippen LogP contribution in [0.3, 0.4) is 0 Å². The van der Waals surface area contributed by atoms with Gasteiger partial charge in [0.2, 0.25) is 0 Å². The van der Waals surface area contributed by atoms with E-state index in [9.17, 15) is 15.0 Å². The molecule has 0 saturated carbocycles. The van der Waals surface area contributed by atoms with E-state index < -0.39 is 6.04 Å². The van der Waals surface area contributed by atoms with Gasteiger partial charge in [0, 0.05) is 29.3 Å². The Hall–Kier alpha value is -3.03. The molecule has 34 heavy (non-hydrogen) atoms. The highest BCUT2D eigenvalue weighted by atomic mass is 35.5. The van der Waals surface area contributed by atoms with Crippen LogP contribution in [0.15, 0.2) is 36.4 Å². The molecule has 0 spiro atoms. The third kappa shape index (κ3) is 4.63. The van der Waals surface area contributed by atoms with Gasteiger partial charge in [0.15, 0.2) is 0 Å². The Bertz CT molecular complexity index is 1190. The molecule has 2 heterocycles. The number of phenolic OH excluding ortho intramolecular Hbond substituents is 1. The van der Waals surface area contributed by atoms with Gasteiger partial charge in [-0.05, 0) is 61.1 Å². The van der Waals surface area contributed by atoms with Gasteiger partial charge in [-0.15, -0.1) is 0 Å². The summed E-state index contributed by atoms with van der Waals surface area (Å²) in [6, 6.07) is 10.5. The summed E-state index contributed by atoms with van der Waals surface area (Å²) in [5.74, 6) is 1.11. The molecule has 3 N–H and O–H groups in total. The van der Waals surface area contributed by atoms with Crippen molar-refractivity contribution < 1.29 is 19.7 Å². The number of benzene rings is 2. The molecular formula is C26H30ClN3O4. The molecule has 180 valence electrons. The zero-order valence-corrected chi connectivity index (χ0v) is 20.4. The Morgan fingerprint density at radius 1 is 1.26 bits per heavy atom. The standard InChI is InChI=1S/C26H30ClN3O4/c1-15(2)8-11-34-18-7-4-6-17(13-18)25-22-23(19-14-20(27)16(3)12-21(19)32)28-29-24(22)26(33)30(25)9-5-10-31/h4,6-7,12-15,25,31-32H,5,8-11H2,1-3H3,(H,28,29)/t25-/m0/s1. The number of nitrogens with zero attached hydrogens (tertiary/aromatic N) is 2. The molecule has 2 aromatic carbocycles. The molecule has 1 aliphatic rings. The molecule has 4 rings (SSSR count). The van der Waals surface area contributed by atoms with E-state index in [1.807, 2.05) is 31.2 Å². The zero-order valence-electron chi connectivity index (χ0n) is 19.6. The maximum Gasteiger partial charge on any atom is 0.273 e. The van der Waals surface area contributed by atoms with Gasteiger partial charge >= 0.3 is 0 Å². The fourth-order valence-corrected chi connectivity index (χ4v) is 4.43. The third-order valence-electron chi connectivity index (χ3n) is 6.09. The van der Waals surface area contributed by atoms with Crippen LogP contribution in [0.4, 0.5) is 0 Å². The first kappa shape index (κ1) is 24.1. The molecule has 7 nitrogen and oxygen atoms in total. The molecule has 0 unspecified atom stereocenters. The minimum absolute atomic E-state index is 0.0255. The van der Waals surface area contributed by atoms with Crippen LogP contribution in [0.25, 0.3) is 11.3 Å². The number of carbonyl (C=O) groups excluding carboxylic acids is 1. The average molecular weight is 484 g/mol. The summed E-state index contributed by atoms with van der Waals surface area (Å²) in [6.07, 6.45) is 1.39. The second-order valence-corrected chi connectivity index (χ2v) is 9.47. The molecule has 3 aromatic rings. The van der Waals surface area contributed by atoms with Crippen LogP contribution in [0.1, 0.15) is 59.9 Å². The number of amides is 1. The van der Waals surface area contributed by atoms with Crippen molar-refractivity contribution in [3.63, 3.8) is 0 Å². The molecule has 0 aliphatic carbocycles. The molecule has 1 atom stereocenters. The summed E-state index contributed by atoms with van der Waals surface area (Å²) >= 11 is 6.35. The predicted octanol–water partition coefficient (Wildman–Crippen LogP) is 5.10. The van der Waals surface area contributed by atoms with E-state index in [2.05, 4.69) is 24.0 Å². The van der Waals surface area contributed by atoms with Crippen LogP contribution in [0.5, 0.6) is 11.5 Å². The largest absolute Gasteiger partial charge is 0.507 e. The Labute approximate surface area is 204 Å². The third-order valence-corrected chi connectivity index (χ3v) is 6.50. The second-order valence-electron chi connectivity index (χ2n) is 9.06. The molecule has 1 aromatic heterocycles. The van der Waals surface area contributed by atoms with Crippen molar-refractivity contribution in [3.8, 4) is 22.8 Å². The van der Waals surface area contributed by atoms with E-state index in [0.717, 1.165) is 23.3 Å².